The molecule has 0 bridgehead atoms. The van der Waals surface area contributed by atoms with E-state index in [2.05, 4.69) is 29.9 Å². The number of halogens is 1. The first-order valence-corrected chi connectivity index (χ1v) is 6.54. The molecule has 0 aromatic carbocycles. The van der Waals surface area contributed by atoms with Gasteiger partial charge in [-0.05, 0) is 25.5 Å². The van der Waals surface area contributed by atoms with Gasteiger partial charge in [-0.15, -0.1) is 11.6 Å². The highest BCUT2D eigenvalue weighted by Crippen LogP contribution is 2.08. The van der Waals surface area contributed by atoms with Crippen LogP contribution in [0.2, 0.25) is 0 Å². The lowest BCUT2D eigenvalue weighted by Crippen LogP contribution is -2.27. The van der Waals surface area contributed by atoms with Gasteiger partial charge in [0, 0.05) is 26.0 Å². The molecular formula is C12H22ClN3. The van der Waals surface area contributed by atoms with E-state index in [4.69, 9.17) is 11.6 Å². The van der Waals surface area contributed by atoms with Crippen LogP contribution in [0, 0.1) is 0 Å². The number of hydrogen-bond acceptors (Lipinski definition) is 2. The van der Waals surface area contributed by atoms with Crippen LogP contribution in [-0.4, -0.2) is 33.6 Å². The molecule has 92 valence electrons. The molecular weight excluding hydrogens is 222 g/mol. The summed E-state index contributed by atoms with van der Waals surface area (Å²) in [6.07, 6.45) is 2.16. The van der Waals surface area contributed by atoms with Gasteiger partial charge < -0.3 is 0 Å². The average Bonchev–Trinajstić information content (AvgIpc) is 2.60. The molecule has 1 aromatic heterocycles. The minimum atomic E-state index is 0.693. The molecule has 1 rings (SSSR count). The molecule has 0 radical (unpaired) electrons. The molecule has 1 aromatic rings. The van der Waals surface area contributed by atoms with Crippen molar-refractivity contribution in [3.05, 3.63) is 17.5 Å². The van der Waals surface area contributed by atoms with Crippen LogP contribution in [0.25, 0.3) is 0 Å². The van der Waals surface area contributed by atoms with Crippen LogP contribution in [0.4, 0.5) is 0 Å². The topological polar surface area (TPSA) is 21.1 Å². The predicted octanol–water partition coefficient (Wildman–Crippen LogP) is 2.43. The summed E-state index contributed by atoms with van der Waals surface area (Å²) < 4.78 is 1.98. The van der Waals surface area contributed by atoms with E-state index in [0.717, 1.165) is 32.5 Å². The number of aromatic nitrogens is 2. The van der Waals surface area contributed by atoms with Gasteiger partial charge in [-0.25, -0.2) is 0 Å². The third kappa shape index (κ3) is 3.80. The molecule has 4 heteroatoms. The predicted molar refractivity (Wildman–Crippen MR) is 68.9 cm³/mol. The Labute approximate surface area is 103 Å². The van der Waals surface area contributed by atoms with E-state index < -0.39 is 0 Å². The van der Waals surface area contributed by atoms with Crippen LogP contribution in [0.5, 0.6) is 0 Å². The van der Waals surface area contributed by atoms with Gasteiger partial charge in [-0.2, -0.15) is 5.10 Å². The minimum absolute atomic E-state index is 0.693. The summed E-state index contributed by atoms with van der Waals surface area (Å²) in [6.45, 7) is 7.32. The Morgan fingerprint density at radius 1 is 1.38 bits per heavy atom. The fourth-order valence-corrected chi connectivity index (χ4v) is 2.07. The van der Waals surface area contributed by atoms with E-state index in [9.17, 15) is 0 Å². The Balaban J connectivity index is 2.64. The largest absolute Gasteiger partial charge is 0.296 e. The monoisotopic (exact) mass is 243 g/mol. The zero-order valence-electron chi connectivity index (χ0n) is 10.5. The second kappa shape index (κ2) is 6.92. The first kappa shape index (κ1) is 13.5. The van der Waals surface area contributed by atoms with Crippen molar-refractivity contribution < 1.29 is 0 Å². The zero-order valence-corrected chi connectivity index (χ0v) is 11.3. The Morgan fingerprint density at radius 2 is 2.12 bits per heavy atom. The lowest BCUT2D eigenvalue weighted by molar-refractivity contribution is 0.274. The Hall–Kier alpha value is -0.540. The molecule has 0 amide bonds. The average molecular weight is 244 g/mol. The number of nitrogens with zero attached hydrogens (tertiary/aromatic N) is 3. The van der Waals surface area contributed by atoms with Gasteiger partial charge in [-0.3, -0.25) is 9.58 Å². The lowest BCUT2D eigenvalue weighted by Gasteiger charge is -2.20. The van der Waals surface area contributed by atoms with Crippen LogP contribution < -0.4 is 0 Å². The van der Waals surface area contributed by atoms with Crippen molar-refractivity contribution in [1.29, 1.82) is 0 Å². The summed E-state index contributed by atoms with van der Waals surface area (Å²) in [6, 6.07) is 2.19. The molecule has 0 aliphatic heterocycles. The van der Waals surface area contributed by atoms with Crippen LogP contribution >= 0.6 is 11.6 Å². The summed E-state index contributed by atoms with van der Waals surface area (Å²) >= 11 is 5.81. The van der Waals surface area contributed by atoms with E-state index in [-0.39, 0.29) is 0 Å². The number of aryl methyl sites for hydroxylation is 2. The van der Waals surface area contributed by atoms with E-state index in [1.165, 1.54) is 11.4 Å². The smallest absolute Gasteiger partial charge is 0.0625 e. The zero-order chi connectivity index (χ0) is 12.0. The first-order valence-electron chi connectivity index (χ1n) is 6.01. The molecule has 1 heterocycles. The van der Waals surface area contributed by atoms with Crippen molar-refractivity contribution in [2.45, 2.75) is 33.2 Å². The van der Waals surface area contributed by atoms with Gasteiger partial charge in [0.15, 0.2) is 0 Å². The highest BCUT2D eigenvalue weighted by atomic mass is 35.5. The summed E-state index contributed by atoms with van der Waals surface area (Å²) in [5, 5.41) is 4.46. The van der Waals surface area contributed by atoms with Crippen LogP contribution in [0.1, 0.15) is 31.7 Å². The van der Waals surface area contributed by atoms with E-state index in [1.807, 2.05) is 11.7 Å². The van der Waals surface area contributed by atoms with Crippen LogP contribution in [-0.2, 0) is 20.0 Å². The summed E-state index contributed by atoms with van der Waals surface area (Å²) in [7, 11) is 2.01. The highest BCUT2D eigenvalue weighted by Gasteiger charge is 2.09. The molecule has 0 fully saturated rings. The Morgan fingerprint density at radius 3 is 2.62 bits per heavy atom. The second-order valence-electron chi connectivity index (χ2n) is 4.07. The molecule has 0 spiro atoms. The van der Waals surface area contributed by atoms with E-state index in [1.54, 1.807) is 0 Å². The fraction of sp³-hybridized carbons (Fsp3) is 0.750. The summed E-state index contributed by atoms with van der Waals surface area (Å²) in [4.78, 5) is 2.38. The van der Waals surface area contributed by atoms with Crippen LogP contribution in [0.15, 0.2) is 6.07 Å². The standard InChI is InChI=1S/C12H22ClN3/c1-4-7-16(8-6-13)10-12-9-11(5-2)14-15(12)3/h9H,4-8,10H2,1-3H3. The third-order valence-electron chi connectivity index (χ3n) is 2.72. The van der Waals surface area contributed by atoms with Gasteiger partial charge in [0.05, 0.1) is 11.4 Å². The molecule has 0 aliphatic rings. The van der Waals surface area contributed by atoms with Gasteiger partial charge in [0.1, 0.15) is 0 Å². The Kier molecular flexibility index (Phi) is 5.85. The van der Waals surface area contributed by atoms with Crippen molar-refractivity contribution >= 4 is 11.6 Å². The molecule has 0 unspecified atom stereocenters. The quantitative estimate of drug-likeness (QED) is 0.686. The van der Waals surface area contributed by atoms with E-state index >= 15 is 0 Å². The maximum atomic E-state index is 5.81. The Bertz CT molecular complexity index is 303. The van der Waals surface area contributed by atoms with Gasteiger partial charge in [0.25, 0.3) is 0 Å². The fourth-order valence-electron chi connectivity index (χ4n) is 1.83. The number of alkyl halides is 1. The minimum Gasteiger partial charge on any atom is -0.296 e. The van der Waals surface area contributed by atoms with E-state index in [0.29, 0.717) is 5.88 Å². The molecule has 0 saturated carbocycles. The third-order valence-corrected chi connectivity index (χ3v) is 2.88. The SMILES string of the molecule is CCCN(CCCl)Cc1cc(CC)nn1C. The molecule has 0 atom stereocenters. The van der Waals surface area contributed by atoms with Gasteiger partial charge in [0.2, 0.25) is 0 Å². The van der Waals surface area contributed by atoms with Crippen molar-refractivity contribution in [3.63, 3.8) is 0 Å². The molecule has 16 heavy (non-hydrogen) atoms. The molecule has 0 aliphatic carbocycles. The maximum Gasteiger partial charge on any atom is 0.0625 e. The number of hydrogen-bond donors (Lipinski definition) is 0. The normalized spacial score (nSPS) is 11.3. The molecule has 3 nitrogen and oxygen atoms in total. The van der Waals surface area contributed by atoms with Gasteiger partial charge in [-0.1, -0.05) is 13.8 Å². The van der Waals surface area contributed by atoms with Gasteiger partial charge >= 0.3 is 0 Å². The summed E-state index contributed by atoms with van der Waals surface area (Å²) in [5.41, 5.74) is 2.44. The van der Waals surface area contributed by atoms with Crippen molar-refractivity contribution in [1.82, 2.24) is 14.7 Å². The van der Waals surface area contributed by atoms with Crippen molar-refractivity contribution in [2.24, 2.45) is 7.05 Å². The van der Waals surface area contributed by atoms with Crippen molar-refractivity contribution in [3.8, 4) is 0 Å². The van der Waals surface area contributed by atoms with Crippen molar-refractivity contribution in [2.75, 3.05) is 19.0 Å². The second-order valence-corrected chi connectivity index (χ2v) is 4.45. The highest BCUT2D eigenvalue weighted by molar-refractivity contribution is 6.18. The first-order chi connectivity index (χ1) is 7.71. The lowest BCUT2D eigenvalue weighted by atomic mass is 10.3. The molecule has 0 N–H and O–H groups in total. The maximum absolute atomic E-state index is 5.81. The van der Waals surface area contributed by atoms with Crippen LogP contribution in [0.3, 0.4) is 0 Å². The number of rotatable bonds is 7. The molecule has 0 saturated heterocycles. The summed E-state index contributed by atoms with van der Waals surface area (Å²) in [5.74, 6) is 0.693.